The number of carbonyl (C=O) groups excluding carboxylic acids is 2. The molecule has 1 N–H and O–H groups in total. The number of halogens is 1. The molecule has 0 radical (unpaired) electrons. The molecule has 10 heteroatoms. The molecule has 1 saturated heterocycles. The van der Waals surface area contributed by atoms with Crippen LogP contribution in [0.1, 0.15) is 18.4 Å². The third kappa shape index (κ3) is 4.91. The molecule has 32 heavy (non-hydrogen) atoms. The zero-order chi connectivity index (χ0) is 22.7. The Morgan fingerprint density at radius 2 is 1.66 bits per heavy atom. The monoisotopic (exact) mass is 461 g/mol. The van der Waals surface area contributed by atoms with E-state index in [9.17, 15) is 22.4 Å². The highest BCUT2D eigenvalue weighted by molar-refractivity contribution is 7.92. The fraction of sp³-hybridized carbons (Fsp3) is 0.364. The van der Waals surface area contributed by atoms with Crippen LogP contribution in [-0.2, 0) is 30.8 Å². The Morgan fingerprint density at radius 3 is 2.38 bits per heavy atom. The van der Waals surface area contributed by atoms with Crippen LogP contribution in [0.2, 0.25) is 0 Å². The van der Waals surface area contributed by atoms with Gasteiger partial charge in [0.2, 0.25) is 11.8 Å². The van der Waals surface area contributed by atoms with Gasteiger partial charge in [-0.25, -0.2) is 12.8 Å². The van der Waals surface area contributed by atoms with Crippen molar-refractivity contribution in [3.05, 3.63) is 53.8 Å². The Kier molecular flexibility index (Phi) is 6.43. The smallest absolute Gasteiger partial charge is 0.261 e. The summed E-state index contributed by atoms with van der Waals surface area (Å²) in [4.78, 5) is 28.4. The van der Waals surface area contributed by atoms with Gasteiger partial charge in [0.25, 0.3) is 10.0 Å². The minimum Gasteiger partial charge on any atom is -0.378 e. The lowest BCUT2D eigenvalue weighted by molar-refractivity contribution is -0.136. The fourth-order valence-electron chi connectivity index (χ4n) is 3.86. The second-order valence-corrected chi connectivity index (χ2v) is 9.37. The van der Waals surface area contributed by atoms with Crippen LogP contribution in [0, 0.1) is 5.82 Å². The number of fused-ring (bicyclic) bond motifs is 1. The predicted molar refractivity (Wildman–Crippen MR) is 116 cm³/mol. The Labute approximate surface area is 186 Å². The molecule has 0 aliphatic carbocycles. The van der Waals surface area contributed by atoms with Crippen molar-refractivity contribution in [2.45, 2.75) is 24.2 Å². The van der Waals surface area contributed by atoms with E-state index in [1.807, 2.05) is 0 Å². The first-order valence-electron chi connectivity index (χ1n) is 10.4. The van der Waals surface area contributed by atoms with Gasteiger partial charge in [-0.15, -0.1) is 0 Å². The van der Waals surface area contributed by atoms with E-state index in [0.29, 0.717) is 45.0 Å². The molecule has 1 fully saturated rings. The first-order valence-corrected chi connectivity index (χ1v) is 11.9. The van der Waals surface area contributed by atoms with E-state index in [1.54, 1.807) is 21.9 Å². The second kappa shape index (κ2) is 9.25. The summed E-state index contributed by atoms with van der Waals surface area (Å²) in [5, 5.41) is 0. The van der Waals surface area contributed by atoms with Crippen LogP contribution < -0.4 is 9.62 Å². The molecule has 2 aliphatic heterocycles. The van der Waals surface area contributed by atoms with Crippen molar-refractivity contribution < 1.29 is 27.1 Å². The highest BCUT2D eigenvalue weighted by Gasteiger charge is 2.27. The molecule has 0 unspecified atom stereocenters. The van der Waals surface area contributed by atoms with Crippen molar-refractivity contribution in [2.24, 2.45) is 0 Å². The van der Waals surface area contributed by atoms with Crippen LogP contribution >= 0.6 is 0 Å². The Hall–Kier alpha value is -2.98. The number of hydrogen-bond donors (Lipinski definition) is 1. The number of morpholine rings is 1. The maximum absolute atomic E-state index is 13.1. The van der Waals surface area contributed by atoms with Gasteiger partial charge in [0.15, 0.2) is 0 Å². The molecule has 0 aromatic heterocycles. The number of ether oxygens (including phenoxy) is 1. The standard InChI is InChI=1S/C22H24FN3O5S/c23-17-1-3-18(4-2-17)24-32(29,30)19-5-6-20-16(15-19)9-10-26(20)22(28)8-7-21(27)25-11-13-31-14-12-25/h1-6,15,24H,7-14H2. The number of carbonyl (C=O) groups is 2. The lowest BCUT2D eigenvalue weighted by atomic mass is 10.2. The van der Waals surface area contributed by atoms with Crippen LogP contribution in [0.25, 0.3) is 0 Å². The molecule has 0 atom stereocenters. The molecule has 0 saturated carbocycles. The summed E-state index contributed by atoms with van der Waals surface area (Å²) in [5.41, 5.74) is 1.67. The van der Waals surface area contributed by atoms with Crippen LogP contribution in [-0.4, -0.2) is 58.0 Å². The van der Waals surface area contributed by atoms with Gasteiger partial charge in [-0.2, -0.15) is 0 Å². The molecule has 0 spiro atoms. The molecule has 2 aliphatic rings. The number of benzene rings is 2. The third-order valence-corrected chi connectivity index (χ3v) is 6.95. The van der Waals surface area contributed by atoms with Crippen molar-refractivity contribution in [1.82, 2.24) is 4.90 Å². The van der Waals surface area contributed by atoms with Gasteiger partial charge in [0.1, 0.15) is 5.82 Å². The summed E-state index contributed by atoms with van der Waals surface area (Å²) in [5.74, 6) is -0.679. The van der Waals surface area contributed by atoms with E-state index in [1.165, 1.54) is 30.3 Å². The number of rotatable bonds is 6. The quantitative estimate of drug-likeness (QED) is 0.711. The van der Waals surface area contributed by atoms with Crippen LogP contribution in [0.4, 0.5) is 15.8 Å². The van der Waals surface area contributed by atoms with Gasteiger partial charge in [-0.1, -0.05) is 0 Å². The maximum Gasteiger partial charge on any atom is 0.261 e. The van der Waals surface area contributed by atoms with Gasteiger partial charge in [-0.3, -0.25) is 14.3 Å². The molecule has 170 valence electrons. The van der Waals surface area contributed by atoms with E-state index in [0.717, 1.165) is 5.56 Å². The zero-order valence-corrected chi connectivity index (χ0v) is 18.2. The SMILES string of the molecule is O=C(CCC(=O)N1CCc2cc(S(=O)(=O)Nc3ccc(F)cc3)ccc21)N1CCOCC1. The average Bonchev–Trinajstić information content (AvgIpc) is 3.23. The molecule has 8 nitrogen and oxygen atoms in total. The molecule has 4 rings (SSSR count). The predicted octanol–water partition coefficient (Wildman–Crippen LogP) is 2.15. The van der Waals surface area contributed by atoms with Crippen molar-refractivity contribution in [3.8, 4) is 0 Å². The number of amides is 2. The highest BCUT2D eigenvalue weighted by atomic mass is 32.2. The summed E-state index contributed by atoms with van der Waals surface area (Å²) >= 11 is 0. The first-order chi connectivity index (χ1) is 15.3. The van der Waals surface area contributed by atoms with Gasteiger partial charge >= 0.3 is 0 Å². The molecular weight excluding hydrogens is 437 g/mol. The van der Waals surface area contributed by atoms with E-state index in [4.69, 9.17) is 4.74 Å². The molecule has 0 bridgehead atoms. The second-order valence-electron chi connectivity index (χ2n) is 7.69. The van der Waals surface area contributed by atoms with Crippen molar-refractivity contribution in [2.75, 3.05) is 42.5 Å². The number of sulfonamides is 1. The summed E-state index contributed by atoms with van der Waals surface area (Å²) < 4.78 is 46.1. The number of nitrogens with one attached hydrogen (secondary N) is 1. The van der Waals surface area contributed by atoms with Crippen molar-refractivity contribution in [3.63, 3.8) is 0 Å². The number of hydrogen-bond acceptors (Lipinski definition) is 5. The van der Waals surface area contributed by atoms with E-state index < -0.39 is 15.8 Å². The minimum atomic E-state index is -3.86. The zero-order valence-electron chi connectivity index (χ0n) is 17.4. The Morgan fingerprint density at radius 1 is 0.969 bits per heavy atom. The summed E-state index contributed by atoms with van der Waals surface area (Å²) in [6.45, 7) is 2.56. The van der Waals surface area contributed by atoms with Gasteiger partial charge < -0.3 is 14.5 Å². The van der Waals surface area contributed by atoms with Gasteiger partial charge in [-0.05, 0) is 54.4 Å². The van der Waals surface area contributed by atoms with Gasteiger partial charge in [0, 0.05) is 43.9 Å². The average molecular weight is 462 g/mol. The Bertz CT molecular complexity index is 1110. The largest absolute Gasteiger partial charge is 0.378 e. The van der Waals surface area contributed by atoms with E-state index >= 15 is 0 Å². The van der Waals surface area contributed by atoms with Crippen LogP contribution in [0.3, 0.4) is 0 Å². The molecule has 2 aromatic carbocycles. The molecule has 2 heterocycles. The van der Waals surface area contributed by atoms with Gasteiger partial charge in [0.05, 0.1) is 18.1 Å². The number of anilines is 2. The lowest BCUT2D eigenvalue weighted by Gasteiger charge is -2.27. The van der Waals surface area contributed by atoms with Crippen LogP contribution in [0.5, 0.6) is 0 Å². The topological polar surface area (TPSA) is 96.0 Å². The number of nitrogens with zero attached hydrogens (tertiary/aromatic N) is 2. The fourth-order valence-corrected chi connectivity index (χ4v) is 4.96. The third-order valence-electron chi connectivity index (χ3n) is 5.57. The first kappa shape index (κ1) is 22.2. The van der Waals surface area contributed by atoms with E-state index in [-0.39, 0.29) is 35.2 Å². The van der Waals surface area contributed by atoms with Crippen molar-refractivity contribution >= 4 is 33.2 Å². The summed E-state index contributed by atoms with van der Waals surface area (Å²) in [6, 6.07) is 9.64. The molecular formula is C22H24FN3O5S. The van der Waals surface area contributed by atoms with Crippen LogP contribution in [0.15, 0.2) is 47.4 Å². The summed E-state index contributed by atoms with van der Waals surface area (Å²) in [7, 11) is -3.86. The Balaban J connectivity index is 1.41. The normalized spacial score (nSPS) is 16.0. The minimum absolute atomic E-state index is 0.0608. The van der Waals surface area contributed by atoms with Crippen molar-refractivity contribution in [1.29, 1.82) is 0 Å². The highest BCUT2D eigenvalue weighted by Crippen LogP contribution is 2.31. The van der Waals surface area contributed by atoms with E-state index in [2.05, 4.69) is 4.72 Å². The maximum atomic E-state index is 13.1. The lowest BCUT2D eigenvalue weighted by Crippen LogP contribution is -2.41. The molecule has 2 aromatic rings. The summed E-state index contributed by atoms with van der Waals surface area (Å²) in [6.07, 6.45) is 0.763. The molecule has 2 amide bonds.